The minimum atomic E-state index is 0.522. The fourth-order valence-electron chi connectivity index (χ4n) is 7.17. The molecule has 0 aliphatic heterocycles. The largest absolute Gasteiger partial charge is 0.307 e. The van der Waals surface area contributed by atoms with Crippen LogP contribution < -0.4 is 0 Å². The summed E-state index contributed by atoms with van der Waals surface area (Å²) in [6.45, 7) is 8.02. The molecule has 0 saturated heterocycles. The first kappa shape index (κ1) is 29.3. The SMILES string of the molecule is C=CC=C(C=C)c1nc(-c2ccccc2)nc(-n2c3ccccc3c3c(-c4ccccc4)cc4c5ccccc5n(-c5ccccc5)c4c32)n1. The van der Waals surface area contributed by atoms with Gasteiger partial charge >= 0.3 is 0 Å². The fourth-order valence-corrected chi connectivity index (χ4v) is 7.17. The van der Waals surface area contributed by atoms with Gasteiger partial charge in [0.25, 0.3) is 0 Å². The van der Waals surface area contributed by atoms with Crippen molar-refractivity contribution >= 4 is 49.2 Å². The maximum absolute atomic E-state index is 5.23. The van der Waals surface area contributed by atoms with Crippen LogP contribution in [0.25, 0.3) is 83.3 Å². The smallest absolute Gasteiger partial charge is 0.238 e. The third-order valence-corrected chi connectivity index (χ3v) is 9.30. The Morgan fingerprint density at radius 2 is 1.14 bits per heavy atom. The molecule has 6 aromatic carbocycles. The molecule has 0 bridgehead atoms. The van der Waals surface area contributed by atoms with Crippen LogP contribution in [0.2, 0.25) is 0 Å². The number of aromatic nitrogens is 5. The molecule has 0 saturated carbocycles. The van der Waals surface area contributed by atoms with Crippen molar-refractivity contribution in [3.63, 3.8) is 0 Å². The molecule has 50 heavy (non-hydrogen) atoms. The van der Waals surface area contributed by atoms with Crippen LogP contribution in [0.5, 0.6) is 0 Å². The number of allylic oxidation sites excluding steroid dienone is 4. The quantitative estimate of drug-likeness (QED) is 0.163. The Morgan fingerprint density at radius 1 is 0.540 bits per heavy atom. The van der Waals surface area contributed by atoms with Crippen molar-refractivity contribution < 1.29 is 0 Å². The van der Waals surface area contributed by atoms with E-state index in [1.54, 1.807) is 12.2 Å². The maximum atomic E-state index is 5.23. The van der Waals surface area contributed by atoms with Crippen LogP contribution in [-0.4, -0.2) is 24.1 Å². The van der Waals surface area contributed by atoms with Gasteiger partial charge in [0.05, 0.1) is 22.1 Å². The molecule has 0 atom stereocenters. The van der Waals surface area contributed by atoms with E-state index in [0.29, 0.717) is 17.6 Å². The zero-order valence-electron chi connectivity index (χ0n) is 27.2. The van der Waals surface area contributed by atoms with E-state index in [1.165, 1.54) is 5.39 Å². The monoisotopic (exact) mass is 641 g/mol. The van der Waals surface area contributed by atoms with Gasteiger partial charge in [0.15, 0.2) is 11.6 Å². The summed E-state index contributed by atoms with van der Waals surface area (Å²) in [5.74, 6) is 1.62. The molecule has 9 aromatic rings. The van der Waals surface area contributed by atoms with Gasteiger partial charge in [0.1, 0.15) is 0 Å². The highest BCUT2D eigenvalue weighted by atomic mass is 15.2. The van der Waals surface area contributed by atoms with Gasteiger partial charge in [-0.3, -0.25) is 4.57 Å². The standard InChI is InChI=1S/C45H31N5/c1-3-18-30(4-2)43-46-44(32-21-10-6-11-22-32)48-45(47-43)50-39-28-17-15-26-35(39)40-36(31-19-8-5-9-20-31)29-37-34-25-14-16-27-38(34)49(41(37)42(40)50)33-23-12-7-13-24-33/h3-29H,1-2H2. The predicted molar refractivity (Wildman–Crippen MR) is 208 cm³/mol. The Labute approximate surface area is 289 Å². The second-order valence-corrected chi connectivity index (χ2v) is 12.2. The van der Waals surface area contributed by atoms with Gasteiger partial charge in [-0.25, -0.2) is 4.98 Å². The lowest BCUT2D eigenvalue weighted by atomic mass is 9.96. The topological polar surface area (TPSA) is 48.5 Å². The van der Waals surface area contributed by atoms with Gasteiger partial charge in [0.2, 0.25) is 5.95 Å². The van der Waals surface area contributed by atoms with Crippen LogP contribution >= 0.6 is 0 Å². The number of nitrogens with zero attached hydrogens (tertiary/aromatic N) is 5. The van der Waals surface area contributed by atoms with Crippen molar-refractivity contribution in [2.24, 2.45) is 0 Å². The maximum Gasteiger partial charge on any atom is 0.238 e. The first-order valence-corrected chi connectivity index (χ1v) is 16.6. The second kappa shape index (κ2) is 12.0. The van der Waals surface area contributed by atoms with Crippen molar-refractivity contribution in [1.29, 1.82) is 0 Å². The average Bonchev–Trinajstić information content (AvgIpc) is 3.71. The lowest BCUT2D eigenvalue weighted by molar-refractivity contribution is 0.932. The summed E-state index contributed by atoms with van der Waals surface area (Å²) in [7, 11) is 0. The van der Waals surface area contributed by atoms with Crippen molar-refractivity contribution in [1.82, 2.24) is 24.1 Å². The zero-order valence-corrected chi connectivity index (χ0v) is 27.2. The Balaban J connectivity index is 1.54. The lowest BCUT2D eigenvalue weighted by Gasteiger charge is -2.14. The molecular weight excluding hydrogens is 611 g/mol. The number of hydrogen-bond acceptors (Lipinski definition) is 3. The number of benzene rings is 6. The Hall–Kier alpha value is -6.85. The van der Waals surface area contributed by atoms with E-state index in [4.69, 9.17) is 15.0 Å². The van der Waals surface area contributed by atoms with E-state index in [2.05, 4.69) is 138 Å². The van der Waals surface area contributed by atoms with Crippen LogP contribution in [0.15, 0.2) is 177 Å². The fraction of sp³-hybridized carbons (Fsp3) is 0. The van der Waals surface area contributed by atoms with Crippen LogP contribution in [0.1, 0.15) is 5.82 Å². The minimum absolute atomic E-state index is 0.522. The summed E-state index contributed by atoms with van der Waals surface area (Å²) >= 11 is 0. The molecule has 5 heteroatoms. The van der Waals surface area contributed by atoms with Crippen LogP contribution in [0, 0.1) is 0 Å². The Morgan fingerprint density at radius 3 is 1.82 bits per heavy atom. The van der Waals surface area contributed by atoms with E-state index >= 15 is 0 Å². The number of para-hydroxylation sites is 3. The molecule has 0 unspecified atom stereocenters. The van der Waals surface area contributed by atoms with Gasteiger partial charge in [-0.05, 0) is 41.5 Å². The molecule has 0 aliphatic rings. The summed E-state index contributed by atoms with van der Waals surface area (Å²) in [5, 5.41) is 4.57. The first-order chi connectivity index (χ1) is 24.7. The lowest BCUT2D eigenvalue weighted by Crippen LogP contribution is -2.08. The van der Waals surface area contributed by atoms with E-state index in [-0.39, 0.29) is 0 Å². The second-order valence-electron chi connectivity index (χ2n) is 12.2. The van der Waals surface area contributed by atoms with Crippen LogP contribution in [0.3, 0.4) is 0 Å². The number of fused-ring (bicyclic) bond motifs is 7. The Kier molecular flexibility index (Phi) is 7.03. The molecule has 0 N–H and O–H groups in total. The molecule has 9 rings (SSSR count). The van der Waals surface area contributed by atoms with E-state index in [0.717, 1.165) is 66.2 Å². The summed E-state index contributed by atoms with van der Waals surface area (Å²) in [5.41, 5.74) is 9.25. The van der Waals surface area contributed by atoms with Gasteiger partial charge in [-0.1, -0.05) is 147 Å². The summed E-state index contributed by atoms with van der Waals surface area (Å²) in [4.78, 5) is 15.4. The van der Waals surface area contributed by atoms with Crippen molar-refractivity contribution in [2.75, 3.05) is 0 Å². The Bertz CT molecular complexity index is 2770. The van der Waals surface area contributed by atoms with Gasteiger partial charge in [-0.15, -0.1) is 0 Å². The minimum Gasteiger partial charge on any atom is -0.307 e. The predicted octanol–water partition coefficient (Wildman–Crippen LogP) is 11.2. The molecule has 0 radical (unpaired) electrons. The van der Waals surface area contributed by atoms with Gasteiger partial charge in [-0.2, -0.15) is 9.97 Å². The first-order valence-electron chi connectivity index (χ1n) is 16.6. The summed E-state index contributed by atoms with van der Waals surface area (Å²) < 4.78 is 4.61. The zero-order chi connectivity index (χ0) is 33.6. The van der Waals surface area contributed by atoms with Crippen molar-refractivity contribution in [2.45, 2.75) is 0 Å². The molecule has 5 nitrogen and oxygen atoms in total. The van der Waals surface area contributed by atoms with Crippen LogP contribution in [0.4, 0.5) is 0 Å². The molecule has 3 aromatic heterocycles. The van der Waals surface area contributed by atoms with E-state index < -0.39 is 0 Å². The summed E-state index contributed by atoms with van der Waals surface area (Å²) in [6, 6.07) is 50.8. The number of rotatable bonds is 7. The van der Waals surface area contributed by atoms with E-state index in [1.807, 2.05) is 36.4 Å². The van der Waals surface area contributed by atoms with Gasteiger partial charge in [0, 0.05) is 38.4 Å². The van der Waals surface area contributed by atoms with Crippen molar-refractivity contribution in [3.05, 3.63) is 183 Å². The van der Waals surface area contributed by atoms with Gasteiger partial charge < -0.3 is 4.57 Å². The highest BCUT2D eigenvalue weighted by molar-refractivity contribution is 6.28. The van der Waals surface area contributed by atoms with E-state index in [9.17, 15) is 0 Å². The van der Waals surface area contributed by atoms with Crippen molar-refractivity contribution in [3.8, 4) is 34.2 Å². The molecule has 0 aliphatic carbocycles. The molecule has 0 spiro atoms. The summed E-state index contributed by atoms with van der Waals surface area (Å²) in [6.07, 6.45) is 5.38. The highest BCUT2D eigenvalue weighted by Gasteiger charge is 2.26. The molecular formula is C45H31N5. The third-order valence-electron chi connectivity index (χ3n) is 9.30. The molecule has 0 fully saturated rings. The number of hydrogen-bond donors (Lipinski definition) is 0. The molecule has 3 heterocycles. The van der Waals surface area contributed by atoms with Crippen LogP contribution in [-0.2, 0) is 0 Å². The molecule has 0 amide bonds. The normalized spacial score (nSPS) is 11.9. The average molecular weight is 642 g/mol. The highest BCUT2D eigenvalue weighted by Crippen LogP contribution is 2.46. The third kappa shape index (κ3) is 4.60. The molecule has 236 valence electrons.